The van der Waals surface area contributed by atoms with E-state index in [2.05, 4.69) is 11.0 Å². The van der Waals surface area contributed by atoms with Gasteiger partial charge in [-0.3, -0.25) is 4.79 Å². The lowest BCUT2D eigenvalue weighted by Crippen LogP contribution is -2.43. The SMILES string of the molecule is N#CC1=C(N2CCC3(CCC3)CC2)c2cc(CO)ccc2CC1=O. The van der Waals surface area contributed by atoms with Gasteiger partial charge in [0.1, 0.15) is 11.6 Å². The Morgan fingerprint density at radius 1 is 1.21 bits per heavy atom. The van der Waals surface area contributed by atoms with E-state index in [4.69, 9.17) is 0 Å². The second kappa shape index (κ2) is 5.75. The number of hydrogen-bond donors (Lipinski definition) is 1. The number of piperidine rings is 1. The Kier molecular flexibility index (Phi) is 3.69. The number of aliphatic hydroxyl groups is 1. The van der Waals surface area contributed by atoms with Crippen LogP contribution >= 0.6 is 0 Å². The van der Waals surface area contributed by atoms with E-state index < -0.39 is 0 Å². The third-order valence-electron chi connectivity index (χ3n) is 6.14. The Bertz CT molecular complexity index is 758. The molecule has 0 aromatic heterocycles. The molecular formula is C20H22N2O2. The molecule has 24 heavy (non-hydrogen) atoms. The molecule has 4 rings (SSSR count). The highest BCUT2D eigenvalue weighted by atomic mass is 16.3. The fourth-order valence-corrected chi connectivity index (χ4v) is 4.45. The van der Waals surface area contributed by atoms with Gasteiger partial charge in [0, 0.05) is 25.1 Å². The van der Waals surface area contributed by atoms with Gasteiger partial charge in [-0.2, -0.15) is 5.26 Å². The molecule has 0 unspecified atom stereocenters. The number of nitriles is 1. The van der Waals surface area contributed by atoms with Crippen LogP contribution in [-0.2, 0) is 17.8 Å². The zero-order chi connectivity index (χ0) is 16.7. The standard InChI is InChI=1S/C20H22N2O2/c21-12-17-18(24)11-15-3-2-14(13-23)10-16(15)19(17)22-8-6-20(7-9-22)4-1-5-20/h2-3,10,23H,1,4-9,11,13H2. The van der Waals surface area contributed by atoms with Crippen LogP contribution in [0.4, 0.5) is 0 Å². The van der Waals surface area contributed by atoms with Gasteiger partial charge in [-0.1, -0.05) is 18.6 Å². The van der Waals surface area contributed by atoms with Crippen LogP contribution in [-0.4, -0.2) is 28.9 Å². The van der Waals surface area contributed by atoms with Crippen LogP contribution in [0.25, 0.3) is 5.70 Å². The van der Waals surface area contributed by atoms with Gasteiger partial charge in [0.05, 0.1) is 12.3 Å². The molecule has 1 aromatic carbocycles. The summed E-state index contributed by atoms with van der Waals surface area (Å²) >= 11 is 0. The number of likely N-dealkylation sites (tertiary alicyclic amines) is 1. The number of aliphatic hydroxyl groups excluding tert-OH is 1. The number of rotatable bonds is 2. The molecule has 4 heteroatoms. The van der Waals surface area contributed by atoms with Crippen LogP contribution in [0.1, 0.15) is 48.8 Å². The predicted molar refractivity (Wildman–Crippen MR) is 90.7 cm³/mol. The number of Topliss-reactive ketones (excluding diaryl/α,β-unsaturated/α-hetero) is 1. The van der Waals surface area contributed by atoms with E-state index in [1.807, 2.05) is 18.2 Å². The first kappa shape index (κ1) is 15.4. The Hall–Kier alpha value is -2.12. The minimum atomic E-state index is -0.0827. The molecule has 3 aliphatic rings. The first-order chi connectivity index (χ1) is 11.7. The second-order valence-electron chi connectivity index (χ2n) is 7.43. The van der Waals surface area contributed by atoms with Gasteiger partial charge in [-0.05, 0) is 48.3 Å². The first-order valence-corrected chi connectivity index (χ1v) is 8.81. The summed E-state index contributed by atoms with van der Waals surface area (Å²) in [5.74, 6) is -0.0827. The lowest BCUT2D eigenvalue weighted by molar-refractivity contribution is -0.114. The molecule has 0 atom stereocenters. The van der Waals surface area contributed by atoms with E-state index in [-0.39, 0.29) is 18.8 Å². The highest BCUT2D eigenvalue weighted by molar-refractivity contribution is 6.09. The lowest BCUT2D eigenvalue weighted by atomic mass is 9.63. The van der Waals surface area contributed by atoms with E-state index in [1.165, 1.54) is 19.3 Å². The summed E-state index contributed by atoms with van der Waals surface area (Å²) in [6, 6.07) is 7.88. The number of allylic oxidation sites excluding steroid dienone is 1. The number of nitrogens with zero attached hydrogens (tertiary/aromatic N) is 2. The fraction of sp³-hybridized carbons (Fsp3) is 0.500. The summed E-state index contributed by atoms with van der Waals surface area (Å²) in [6.07, 6.45) is 6.58. The number of benzene rings is 1. The van der Waals surface area contributed by atoms with Gasteiger partial charge in [-0.25, -0.2) is 0 Å². The van der Waals surface area contributed by atoms with Crippen molar-refractivity contribution in [1.29, 1.82) is 5.26 Å². The summed E-state index contributed by atoms with van der Waals surface area (Å²) in [5.41, 5.74) is 4.37. The topological polar surface area (TPSA) is 64.3 Å². The second-order valence-corrected chi connectivity index (χ2v) is 7.43. The predicted octanol–water partition coefficient (Wildman–Crippen LogP) is 2.80. The number of carbonyl (C=O) groups excluding carboxylic acids is 1. The van der Waals surface area contributed by atoms with Crippen LogP contribution in [0.2, 0.25) is 0 Å². The normalized spacial score (nSPS) is 22.2. The Morgan fingerprint density at radius 2 is 1.96 bits per heavy atom. The largest absolute Gasteiger partial charge is 0.392 e. The molecule has 0 bridgehead atoms. The Labute approximate surface area is 142 Å². The summed E-state index contributed by atoms with van der Waals surface area (Å²) < 4.78 is 0. The van der Waals surface area contributed by atoms with Crippen molar-refractivity contribution in [3.05, 3.63) is 40.5 Å². The molecule has 1 aromatic rings. The van der Waals surface area contributed by atoms with Crippen molar-refractivity contribution in [2.75, 3.05) is 13.1 Å². The van der Waals surface area contributed by atoms with Crippen molar-refractivity contribution in [2.45, 2.75) is 45.1 Å². The van der Waals surface area contributed by atoms with Crippen molar-refractivity contribution in [3.8, 4) is 6.07 Å². The van der Waals surface area contributed by atoms with Crippen LogP contribution in [0.5, 0.6) is 0 Å². The van der Waals surface area contributed by atoms with Crippen molar-refractivity contribution in [3.63, 3.8) is 0 Å². The van der Waals surface area contributed by atoms with Crippen molar-refractivity contribution in [1.82, 2.24) is 4.90 Å². The van der Waals surface area contributed by atoms with E-state index in [9.17, 15) is 15.2 Å². The maximum absolute atomic E-state index is 12.4. The zero-order valence-corrected chi connectivity index (χ0v) is 13.8. The summed E-state index contributed by atoms with van der Waals surface area (Å²) in [5, 5.41) is 19.0. The van der Waals surface area contributed by atoms with E-state index >= 15 is 0 Å². The van der Waals surface area contributed by atoms with E-state index in [0.29, 0.717) is 11.0 Å². The van der Waals surface area contributed by atoms with Crippen molar-refractivity contribution >= 4 is 11.5 Å². The third kappa shape index (κ3) is 2.35. The van der Waals surface area contributed by atoms with Gasteiger partial charge in [0.15, 0.2) is 5.78 Å². The van der Waals surface area contributed by atoms with Gasteiger partial charge < -0.3 is 10.0 Å². The molecule has 0 radical (unpaired) electrons. The fourth-order valence-electron chi connectivity index (χ4n) is 4.45. The van der Waals surface area contributed by atoms with E-state index in [1.54, 1.807) is 0 Å². The Morgan fingerprint density at radius 3 is 2.54 bits per heavy atom. The van der Waals surface area contributed by atoms with Crippen LogP contribution in [0.15, 0.2) is 23.8 Å². The van der Waals surface area contributed by atoms with Crippen LogP contribution < -0.4 is 0 Å². The summed E-state index contributed by atoms with van der Waals surface area (Å²) in [4.78, 5) is 14.7. The number of carbonyl (C=O) groups is 1. The van der Waals surface area contributed by atoms with Crippen molar-refractivity contribution in [2.24, 2.45) is 5.41 Å². The maximum atomic E-state index is 12.4. The molecule has 2 aliphatic carbocycles. The number of ketones is 1. The molecule has 1 spiro atoms. The quantitative estimate of drug-likeness (QED) is 0.909. The third-order valence-corrected chi connectivity index (χ3v) is 6.14. The summed E-state index contributed by atoms with van der Waals surface area (Å²) in [6.45, 7) is 1.80. The van der Waals surface area contributed by atoms with E-state index in [0.717, 1.165) is 48.3 Å². The molecule has 1 heterocycles. The molecule has 1 aliphatic heterocycles. The smallest absolute Gasteiger partial charge is 0.179 e. The molecule has 0 amide bonds. The Balaban J connectivity index is 1.73. The first-order valence-electron chi connectivity index (χ1n) is 8.81. The number of hydrogen-bond acceptors (Lipinski definition) is 4. The highest BCUT2D eigenvalue weighted by Crippen LogP contribution is 2.50. The molecule has 1 N–H and O–H groups in total. The lowest BCUT2D eigenvalue weighted by Gasteiger charge is -2.49. The monoisotopic (exact) mass is 322 g/mol. The van der Waals surface area contributed by atoms with Crippen LogP contribution in [0, 0.1) is 16.7 Å². The molecule has 1 saturated heterocycles. The molecule has 1 saturated carbocycles. The molecular weight excluding hydrogens is 300 g/mol. The minimum absolute atomic E-state index is 0.0283. The minimum Gasteiger partial charge on any atom is -0.392 e. The average molecular weight is 322 g/mol. The van der Waals surface area contributed by atoms with Crippen molar-refractivity contribution < 1.29 is 9.90 Å². The maximum Gasteiger partial charge on any atom is 0.179 e. The molecule has 4 nitrogen and oxygen atoms in total. The van der Waals surface area contributed by atoms with Crippen LogP contribution in [0.3, 0.4) is 0 Å². The summed E-state index contributed by atoms with van der Waals surface area (Å²) in [7, 11) is 0. The number of fused-ring (bicyclic) bond motifs is 1. The van der Waals surface area contributed by atoms with Gasteiger partial charge in [-0.15, -0.1) is 0 Å². The molecule has 124 valence electrons. The van der Waals surface area contributed by atoms with Gasteiger partial charge >= 0.3 is 0 Å². The van der Waals surface area contributed by atoms with Gasteiger partial charge in [0.25, 0.3) is 0 Å². The average Bonchev–Trinajstić information content (AvgIpc) is 2.59. The highest BCUT2D eigenvalue weighted by Gasteiger charge is 2.41. The van der Waals surface area contributed by atoms with Gasteiger partial charge in [0.2, 0.25) is 0 Å². The molecule has 2 fully saturated rings. The zero-order valence-electron chi connectivity index (χ0n) is 13.8.